The Labute approximate surface area is 133 Å². The molecule has 0 bridgehead atoms. The van der Waals surface area contributed by atoms with E-state index in [-0.39, 0.29) is 0 Å². The minimum absolute atomic E-state index is 0.479. The molecule has 1 aliphatic rings. The number of nitrogens with one attached hydrogen (secondary N) is 1. The molecule has 0 aromatic carbocycles. The average molecular weight is 298 g/mol. The van der Waals surface area contributed by atoms with Crippen molar-refractivity contribution in [3.63, 3.8) is 0 Å². The summed E-state index contributed by atoms with van der Waals surface area (Å²) in [5, 5.41) is 3.67. The number of methoxy groups -OCH3 is 1. The summed E-state index contributed by atoms with van der Waals surface area (Å²) >= 11 is 0. The summed E-state index contributed by atoms with van der Waals surface area (Å²) in [6.07, 6.45) is 9.49. The molecule has 0 aliphatic heterocycles. The zero-order chi connectivity index (χ0) is 15.7. The van der Waals surface area contributed by atoms with Crippen molar-refractivity contribution < 1.29 is 4.74 Å². The number of unbranched alkanes of at least 4 members (excludes halogenated alkanes) is 1. The Bertz CT molecular complexity index is 259. The van der Waals surface area contributed by atoms with Crippen LogP contribution in [0.25, 0.3) is 0 Å². The van der Waals surface area contributed by atoms with Crippen molar-refractivity contribution in [1.29, 1.82) is 0 Å². The predicted octanol–water partition coefficient (Wildman–Crippen LogP) is 4.88. The lowest BCUT2D eigenvalue weighted by atomic mass is 9.64. The predicted molar refractivity (Wildman–Crippen MR) is 92.7 cm³/mol. The van der Waals surface area contributed by atoms with Crippen LogP contribution in [0.3, 0.4) is 0 Å². The topological polar surface area (TPSA) is 21.3 Å². The van der Waals surface area contributed by atoms with Crippen LogP contribution in [-0.4, -0.2) is 26.8 Å². The van der Waals surface area contributed by atoms with Gasteiger partial charge in [0.05, 0.1) is 0 Å². The SMILES string of the molecule is CCCNCC1CCC(C(C)(C)C)CC1CCCCOC. The standard InChI is InChI=1S/C19H39NO/c1-6-12-20-15-17-10-11-18(19(2,3)4)14-16(17)9-7-8-13-21-5/h16-18,20H,6-15H2,1-5H3. The second kappa shape index (κ2) is 9.84. The van der Waals surface area contributed by atoms with Crippen LogP contribution in [0.1, 0.15) is 72.6 Å². The molecular formula is C19H39NO. The van der Waals surface area contributed by atoms with E-state index in [0.717, 1.165) is 24.4 Å². The third kappa shape index (κ3) is 7.15. The maximum absolute atomic E-state index is 5.20. The molecule has 0 saturated heterocycles. The number of rotatable bonds is 9. The molecule has 1 N–H and O–H groups in total. The summed E-state index contributed by atoms with van der Waals surface area (Å²) in [5.41, 5.74) is 0.479. The maximum Gasteiger partial charge on any atom is 0.0462 e. The number of hydrogen-bond acceptors (Lipinski definition) is 2. The molecule has 21 heavy (non-hydrogen) atoms. The Kier molecular flexibility index (Phi) is 8.89. The zero-order valence-electron chi connectivity index (χ0n) is 15.2. The Hall–Kier alpha value is -0.0800. The zero-order valence-corrected chi connectivity index (χ0v) is 15.2. The van der Waals surface area contributed by atoms with Gasteiger partial charge >= 0.3 is 0 Å². The molecule has 0 amide bonds. The van der Waals surface area contributed by atoms with E-state index in [0.29, 0.717) is 5.41 Å². The van der Waals surface area contributed by atoms with Crippen molar-refractivity contribution in [1.82, 2.24) is 5.32 Å². The highest BCUT2D eigenvalue weighted by atomic mass is 16.5. The molecule has 1 saturated carbocycles. The molecule has 2 nitrogen and oxygen atoms in total. The molecule has 3 unspecified atom stereocenters. The van der Waals surface area contributed by atoms with Crippen molar-refractivity contribution in [2.75, 3.05) is 26.8 Å². The van der Waals surface area contributed by atoms with Crippen molar-refractivity contribution in [2.45, 2.75) is 72.6 Å². The molecule has 0 spiro atoms. The van der Waals surface area contributed by atoms with Crippen LogP contribution >= 0.6 is 0 Å². The van der Waals surface area contributed by atoms with Crippen LogP contribution in [0.4, 0.5) is 0 Å². The smallest absolute Gasteiger partial charge is 0.0462 e. The first-order valence-electron chi connectivity index (χ1n) is 9.18. The molecule has 2 heteroatoms. The molecule has 0 aromatic rings. The van der Waals surface area contributed by atoms with E-state index in [1.807, 2.05) is 7.11 Å². The van der Waals surface area contributed by atoms with Gasteiger partial charge in [0.15, 0.2) is 0 Å². The van der Waals surface area contributed by atoms with Gasteiger partial charge in [0.2, 0.25) is 0 Å². The van der Waals surface area contributed by atoms with Crippen molar-refractivity contribution in [3.8, 4) is 0 Å². The summed E-state index contributed by atoms with van der Waals surface area (Å²) in [6, 6.07) is 0. The molecular weight excluding hydrogens is 258 g/mol. The van der Waals surface area contributed by atoms with E-state index in [1.54, 1.807) is 0 Å². The molecule has 0 heterocycles. The Morgan fingerprint density at radius 3 is 2.48 bits per heavy atom. The fraction of sp³-hybridized carbons (Fsp3) is 1.00. The fourth-order valence-corrected chi connectivity index (χ4v) is 3.85. The summed E-state index contributed by atoms with van der Waals surface area (Å²) < 4.78 is 5.20. The molecule has 126 valence electrons. The van der Waals surface area contributed by atoms with E-state index < -0.39 is 0 Å². The van der Waals surface area contributed by atoms with E-state index in [4.69, 9.17) is 4.74 Å². The Balaban J connectivity index is 2.48. The summed E-state index contributed by atoms with van der Waals surface area (Å²) in [5.74, 6) is 2.73. The largest absolute Gasteiger partial charge is 0.385 e. The van der Waals surface area contributed by atoms with Gasteiger partial charge < -0.3 is 10.1 Å². The van der Waals surface area contributed by atoms with Crippen LogP contribution < -0.4 is 5.32 Å². The molecule has 0 radical (unpaired) electrons. The second-order valence-corrected chi connectivity index (χ2v) is 8.09. The lowest BCUT2D eigenvalue weighted by Crippen LogP contribution is -2.37. The summed E-state index contributed by atoms with van der Waals surface area (Å²) in [4.78, 5) is 0. The first-order chi connectivity index (χ1) is 9.99. The van der Waals surface area contributed by atoms with Crippen molar-refractivity contribution in [2.24, 2.45) is 23.2 Å². The van der Waals surface area contributed by atoms with Gasteiger partial charge in [-0.1, -0.05) is 40.5 Å². The number of hydrogen-bond donors (Lipinski definition) is 1. The Morgan fingerprint density at radius 2 is 1.86 bits per heavy atom. The fourth-order valence-electron chi connectivity index (χ4n) is 3.85. The normalized spacial score (nSPS) is 27.0. The van der Waals surface area contributed by atoms with E-state index in [1.165, 1.54) is 58.0 Å². The van der Waals surface area contributed by atoms with Crippen LogP contribution in [0.5, 0.6) is 0 Å². The Morgan fingerprint density at radius 1 is 1.10 bits per heavy atom. The van der Waals surface area contributed by atoms with Gasteiger partial charge in [0, 0.05) is 13.7 Å². The van der Waals surface area contributed by atoms with Crippen LogP contribution in [0.15, 0.2) is 0 Å². The third-order valence-electron chi connectivity index (χ3n) is 5.37. The van der Waals surface area contributed by atoms with E-state index in [2.05, 4.69) is 33.0 Å². The number of ether oxygens (including phenoxy) is 1. The minimum Gasteiger partial charge on any atom is -0.385 e. The quantitative estimate of drug-likeness (QED) is 0.612. The highest BCUT2D eigenvalue weighted by Crippen LogP contribution is 2.44. The lowest BCUT2D eigenvalue weighted by molar-refractivity contribution is 0.0892. The van der Waals surface area contributed by atoms with Gasteiger partial charge in [-0.15, -0.1) is 0 Å². The van der Waals surface area contributed by atoms with Crippen molar-refractivity contribution in [3.05, 3.63) is 0 Å². The van der Waals surface area contributed by atoms with E-state index in [9.17, 15) is 0 Å². The lowest BCUT2D eigenvalue weighted by Gasteiger charge is -2.42. The van der Waals surface area contributed by atoms with E-state index >= 15 is 0 Å². The maximum atomic E-state index is 5.20. The summed E-state index contributed by atoms with van der Waals surface area (Å²) in [6.45, 7) is 12.9. The molecule has 1 rings (SSSR count). The van der Waals surface area contributed by atoms with Crippen LogP contribution in [0.2, 0.25) is 0 Å². The monoisotopic (exact) mass is 297 g/mol. The molecule has 0 aromatic heterocycles. The van der Waals surface area contributed by atoms with Crippen LogP contribution in [0, 0.1) is 23.2 Å². The molecule has 1 fully saturated rings. The van der Waals surface area contributed by atoms with Gasteiger partial charge in [-0.2, -0.15) is 0 Å². The van der Waals surface area contributed by atoms with Gasteiger partial charge in [-0.3, -0.25) is 0 Å². The van der Waals surface area contributed by atoms with Gasteiger partial charge in [-0.05, 0) is 68.4 Å². The van der Waals surface area contributed by atoms with Crippen molar-refractivity contribution >= 4 is 0 Å². The van der Waals surface area contributed by atoms with Crippen LogP contribution in [-0.2, 0) is 4.74 Å². The van der Waals surface area contributed by atoms with Gasteiger partial charge in [0.25, 0.3) is 0 Å². The summed E-state index contributed by atoms with van der Waals surface area (Å²) in [7, 11) is 1.81. The van der Waals surface area contributed by atoms with Gasteiger partial charge in [-0.25, -0.2) is 0 Å². The van der Waals surface area contributed by atoms with Gasteiger partial charge in [0.1, 0.15) is 0 Å². The second-order valence-electron chi connectivity index (χ2n) is 8.09. The third-order valence-corrected chi connectivity index (χ3v) is 5.37. The average Bonchev–Trinajstić information content (AvgIpc) is 2.44. The first-order valence-corrected chi connectivity index (χ1v) is 9.18. The highest BCUT2D eigenvalue weighted by molar-refractivity contribution is 4.86. The molecule has 1 aliphatic carbocycles. The minimum atomic E-state index is 0.479. The highest BCUT2D eigenvalue weighted by Gasteiger charge is 2.35. The first kappa shape index (κ1) is 19.0. The molecule has 3 atom stereocenters.